The smallest absolute Gasteiger partial charge is 0.414 e. The zero-order valence-electron chi connectivity index (χ0n) is 18.6. The fraction of sp³-hybridized carbons (Fsp3) is 0.571. The molecule has 2 aliphatic rings. The van der Waals surface area contributed by atoms with Crippen LogP contribution < -0.4 is 20.4 Å². The van der Waals surface area contributed by atoms with Crippen LogP contribution in [0.25, 0.3) is 0 Å². The molecule has 8 nitrogen and oxygen atoms in total. The number of carbonyl (C=O) groups is 2. The van der Waals surface area contributed by atoms with Crippen LogP contribution in [0.2, 0.25) is 0 Å². The monoisotopic (exact) mass is 483 g/mol. The minimum atomic E-state index is -0.550. The number of thioether (sulfide) groups is 1. The van der Waals surface area contributed by atoms with Crippen molar-refractivity contribution in [1.29, 1.82) is 0 Å². The first-order chi connectivity index (χ1) is 15.3. The second-order valence-electron chi connectivity index (χ2n) is 8.07. The third-order valence-electron chi connectivity index (χ3n) is 5.30. The largest absolute Gasteiger partial charge is 0.442 e. The Hall–Kier alpha value is -1.95. The molecular weight excluding hydrogens is 453 g/mol. The van der Waals surface area contributed by atoms with Crippen LogP contribution in [0.4, 0.5) is 20.6 Å². The fourth-order valence-electron chi connectivity index (χ4n) is 3.62. The zero-order chi connectivity index (χ0) is 23.3. The molecule has 2 aliphatic heterocycles. The second-order valence-corrected chi connectivity index (χ2v) is 9.91. The summed E-state index contributed by atoms with van der Waals surface area (Å²) in [6, 6.07) is 4.69. The Kier molecular flexibility index (Phi) is 8.69. The molecule has 1 aromatic rings. The highest BCUT2D eigenvalue weighted by Crippen LogP contribution is 2.30. The molecule has 2 N–H and O–H groups in total. The lowest BCUT2D eigenvalue weighted by molar-refractivity contribution is -0.119. The van der Waals surface area contributed by atoms with Gasteiger partial charge < -0.3 is 25.2 Å². The summed E-state index contributed by atoms with van der Waals surface area (Å²) >= 11 is 7.30. The van der Waals surface area contributed by atoms with Crippen LogP contribution in [0, 0.1) is 5.82 Å². The van der Waals surface area contributed by atoms with E-state index in [1.807, 2.05) is 19.0 Å². The SMILES string of the molecule is CC(=O)NC[C@H]1CN(c2ccc(N3CCNCC3C(=S)SCCN(C)C)c(F)c2)C(=O)O1. The normalized spacial score (nSPS) is 21.1. The van der Waals surface area contributed by atoms with Crippen LogP contribution in [-0.4, -0.2) is 92.4 Å². The van der Waals surface area contributed by atoms with E-state index in [0.29, 0.717) is 24.5 Å². The highest BCUT2D eigenvalue weighted by Gasteiger charge is 2.34. The van der Waals surface area contributed by atoms with Crippen LogP contribution in [-0.2, 0) is 9.53 Å². The van der Waals surface area contributed by atoms with E-state index in [0.717, 1.165) is 23.0 Å². The first-order valence-electron chi connectivity index (χ1n) is 10.6. The number of amides is 2. The van der Waals surface area contributed by atoms with Gasteiger partial charge in [0.15, 0.2) is 0 Å². The Balaban J connectivity index is 1.70. The molecule has 0 aliphatic carbocycles. The summed E-state index contributed by atoms with van der Waals surface area (Å²) < 4.78 is 21.3. The minimum absolute atomic E-state index is 0.0925. The van der Waals surface area contributed by atoms with Crippen molar-refractivity contribution in [3.05, 3.63) is 24.0 Å². The number of cyclic esters (lactones) is 1. The molecular formula is C21H30FN5O3S2. The molecule has 2 amide bonds. The predicted octanol–water partition coefficient (Wildman–Crippen LogP) is 1.69. The summed E-state index contributed by atoms with van der Waals surface area (Å²) in [4.78, 5) is 28.8. The first-order valence-corrected chi connectivity index (χ1v) is 12.0. The standard InChI is InChI=1S/C21H30FN5O3S2/c1-14(28)24-11-16-13-27(21(29)30-16)15-4-5-18(17(22)10-15)26-7-6-23-12-19(26)20(31)32-9-8-25(2)3/h4-5,10,16,19,23H,6-9,11-13H2,1-3H3,(H,24,28)/t16-,19?/m0/s1. The van der Waals surface area contributed by atoms with Crippen LogP contribution in [0.1, 0.15) is 6.92 Å². The van der Waals surface area contributed by atoms with Gasteiger partial charge in [-0.25, -0.2) is 9.18 Å². The molecule has 1 unspecified atom stereocenters. The fourth-order valence-corrected chi connectivity index (χ4v) is 5.14. The van der Waals surface area contributed by atoms with Crippen molar-refractivity contribution < 1.29 is 18.7 Å². The van der Waals surface area contributed by atoms with Gasteiger partial charge in [-0.15, -0.1) is 11.8 Å². The summed E-state index contributed by atoms with van der Waals surface area (Å²) in [5, 5.41) is 5.98. The van der Waals surface area contributed by atoms with E-state index in [2.05, 4.69) is 15.5 Å². The number of ether oxygens (including phenoxy) is 1. The summed E-state index contributed by atoms with van der Waals surface area (Å²) in [6.07, 6.45) is -1.02. The molecule has 2 heterocycles. The number of thiocarbonyl (C=S) groups is 1. The predicted molar refractivity (Wildman–Crippen MR) is 130 cm³/mol. The Morgan fingerprint density at radius 3 is 2.91 bits per heavy atom. The third kappa shape index (κ3) is 6.31. The second kappa shape index (κ2) is 11.3. The van der Waals surface area contributed by atoms with Crippen molar-refractivity contribution in [2.75, 3.05) is 68.9 Å². The molecule has 0 bridgehead atoms. The molecule has 176 valence electrons. The number of piperazine rings is 1. The number of hydrogen-bond donors (Lipinski definition) is 2. The van der Waals surface area contributed by atoms with E-state index in [9.17, 15) is 9.59 Å². The van der Waals surface area contributed by atoms with Crippen LogP contribution in [0.15, 0.2) is 18.2 Å². The van der Waals surface area contributed by atoms with Gasteiger partial charge in [0.05, 0.1) is 34.7 Å². The van der Waals surface area contributed by atoms with Gasteiger partial charge in [0, 0.05) is 38.9 Å². The lowest BCUT2D eigenvalue weighted by atomic mass is 10.1. The molecule has 3 rings (SSSR count). The van der Waals surface area contributed by atoms with E-state index in [4.69, 9.17) is 17.0 Å². The lowest BCUT2D eigenvalue weighted by Gasteiger charge is -2.38. The average Bonchev–Trinajstić information content (AvgIpc) is 3.12. The first kappa shape index (κ1) is 24.7. The highest BCUT2D eigenvalue weighted by atomic mass is 32.2. The van der Waals surface area contributed by atoms with Crippen molar-refractivity contribution in [2.45, 2.75) is 19.1 Å². The van der Waals surface area contributed by atoms with Crippen molar-refractivity contribution >= 4 is 51.6 Å². The topological polar surface area (TPSA) is 77.2 Å². The number of carbonyl (C=O) groups excluding carboxylic acids is 2. The molecule has 0 saturated carbocycles. The molecule has 1 aromatic carbocycles. The van der Waals surface area contributed by atoms with Crippen LogP contribution in [0.5, 0.6) is 0 Å². The van der Waals surface area contributed by atoms with Crippen LogP contribution >= 0.6 is 24.0 Å². The number of nitrogens with zero attached hydrogens (tertiary/aromatic N) is 3. The van der Waals surface area contributed by atoms with Crippen LogP contribution in [0.3, 0.4) is 0 Å². The van der Waals surface area contributed by atoms with Gasteiger partial charge in [0.25, 0.3) is 0 Å². The van der Waals surface area contributed by atoms with Crippen molar-refractivity contribution in [1.82, 2.24) is 15.5 Å². The quantitative estimate of drug-likeness (QED) is 0.541. The average molecular weight is 484 g/mol. The molecule has 2 fully saturated rings. The van der Waals surface area contributed by atoms with Gasteiger partial charge in [-0.3, -0.25) is 9.69 Å². The number of nitrogens with one attached hydrogen (secondary N) is 2. The van der Waals surface area contributed by atoms with Gasteiger partial charge in [-0.1, -0.05) is 12.2 Å². The number of benzene rings is 1. The van der Waals surface area contributed by atoms with Gasteiger partial charge in [-0.05, 0) is 32.3 Å². The van der Waals surface area contributed by atoms with Crippen molar-refractivity contribution in [2.24, 2.45) is 0 Å². The van der Waals surface area contributed by atoms with Gasteiger partial charge in [0.2, 0.25) is 5.91 Å². The Bertz CT molecular complexity index is 857. The maximum atomic E-state index is 15.2. The Morgan fingerprint density at radius 1 is 1.44 bits per heavy atom. The van der Waals surface area contributed by atoms with E-state index >= 15 is 4.39 Å². The lowest BCUT2D eigenvalue weighted by Crippen LogP contribution is -2.54. The molecule has 0 radical (unpaired) electrons. The summed E-state index contributed by atoms with van der Waals surface area (Å²) in [6.45, 7) is 4.84. The van der Waals surface area contributed by atoms with Gasteiger partial charge in [-0.2, -0.15) is 0 Å². The molecule has 11 heteroatoms. The van der Waals surface area contributed by atoms with Gasteiger partial charge in [0.1, 0.15) is 11.9 Å². The minimum Gasteiger partial charge on any atom is -0.442 e. The highest BCUT2D eigenvalue weighted by molar-refractivity contribution is 8.23. The Morgan fingerprint density at radius 2 is 2.22 bits per heavy atom. The third-order valence-corrected chi connectivity index (χ3v) is 6.87. The molecule has 2 atom stereocenters. The Labute approximate surface area is 197 Å². The molecule has 32 heavy (non-hydrogen) atoms. The summed E-state index contributed by atoms with van der Waals surface area (Å²) in [7, 11) is 4.04. The number of hydrogen-bond acceptors (Lipinski definition) is 8. The number of halogens is 1. The zero-order valence-corrected chi connectivity index (χ0v) is 20.2. The maximum Gasteiger partial charge on any atom is 0.414 e. The summed E-state index contributed by atoms with van der Waals surface area (Å²) in [5.41, 5.74) is 0.898. The van der Waals surface area contributed by atoms with Crippen molar-refractivity contribution in [3.63, 3.8) is 0 Å². The molecule has 2 saturated heterocycles. The number of rotatable bonds is 8. The molecule has 0 aromatic heterocycles. The summed E-state index contributed by atoms with van der Waals surface area (Å²) in [5.74, 6) is 0.278. The van der Waals surface area contributed by atoms with E-state index in [1.54, 1.807) is 23.9 Å². The van der Waals surface area contributed by atoms with E-state index < -0.39 is 18.0 Å². The number of anilines is 2. The molecule has 0 spiro atoms. The van der Waals surface area contributed by atoms with E-state index in [1.165, 1.54) is 17.9 Å². The van der Waals surface area contributed by atoms with Gasteiger partial charge >= 0.3 is 6.09 Å². The van der Waals surface area contributed by atoms with Crippen molar-refractivity contribution in [3.8, 4) is 0 Å². The maximum absolute atomic E-state index is 15.2. The van der Waals surface area contributed by atoms with E-state index in [-0.39, 0.29) is 25.0 Å².